The van der Waals surface area contributed by atoms with Gasteiger partial charge in [-0.15, -0.1) is 0 Å². The second kappa shape index (κ2) is 5.68. The highest BCUT2D eigenvalue weighted by molar-refractivity contribution is 6.30. The van der Waals surface area contributed by atoms with Gasteiger partial charge in [-0.2, -0.15) is 0 Å². The highest BCUT2D eigenvalue weighted by atomic mass is 35.5. The fourth-order valence-electron chi connectivity index (χ4n) is 3.30. The fourth-order valence-corrected chi connectivity index (χ4v) is 3.43. The van der Waals surface area contributed by atoms with Crippen LogP contribution in [0.5, 0.6) is 0 Å². The molecular weight excluding hydrogens is 288 g/mol. The summed E-state index contributed by atoms with van der Waals surface area (Å²) in [5.41, 5.74) is 0.979. The van der Waals surface area contributed by atoms with E-state index in [1.54, 1.807) is 4.90 Å². The average molecular weight is 307 g/mol. The smallest absolute Gasteiger partial charge is 0.227 e. The van der Waals surface area contributed by atoms with Crippen molar-refractivity contribution in [2.75, 3.05) is 26.7 Å². The molecule has 0 radical (unpaired) electrons. The van der Waals surface area contributed by atoms with E-state index in [0.29, 0.717) is 29.7 Å². The molecular formula is C16H19ClN2O2. The van der Waals surface area contributed by atoms with Crippen LogP contribution in [-0.4, -0.2) is 48.3 Å². The van der Waals surface area contributed by atoms with Crippen LogP contribution in [0.25, 0.3) is 0 Å². The SMILES string of the molecule is CN1C[C@@H]2CN(C(=O)Cc3ccc(Cl)cc3)C[C@@H]2CC1=O. The highest BCUT2D eigenvalue weighted by Gasteiger charge is 2.40. The maximum atomic E-state index is 12.4. The molecule has 2 saturated heterocycles. The molecule has 5 heteroatoms. The van der Waals surface area contributed by atoms with Crippen molar-refractivity contribution in [3.63, 3.8) is 0 Å². The first-order valence-electron chi connectivity index (χ1n) is 7.29. The van der Waals surface area contributed by atoms with E-state index < -0.39 is 0 Å². The first-order valence-corrected chi connectivity index (χ1v) is 7.67. The Bertz CT molecular complexity index is 558. The summed E-state index contributed by atoms with van der Waals surface area (Å²) < 4.78 is 0. The number of carbonyl (C=O) groups excluding carboxylic acids is 2. The minimum atomic E-state index is 0.141. The molecule has 21 heavy (non-hydrogen) atoms. The van der Waals surface area contributed by atoms with Gasteiger partial charge in [-0.3, -0.25) is 9.59 Å². The van der Waals surface area contributed by atoms with E-state index in [-0.39, 0.29) is 11.8 Å². The Morgan fingerprint density at radius 3 is 2.57 bits per heavy atom. The Balaban J connectivity index is 1.62. The Morgan fingerprint density at radius 2 is 1.86 bits per heavy atom. The number of hydrogen-bond acceptors (Lipinski definition) is 2. The van der Waals surface area contributed by atoms with Gasteiger partial charge in [0, 0.05) is 38.1 Å². The summed E-state index contributed by atoms with van der Waals surface area (Å²) in [6.07, 6.45) is 0.978. The Kier molecular flexibility index (Phi) is 3.89. The highest BCUT2D eigenvalue weighted by Crippen LogP contribution is 2.31. The minimum absolute atomic E-state index is 0.141. The van der Waals surface area contributed by atoms with Crippen LogP contribution in [0.3, 0.4) is 0 Å². The number of rotatable bonds is 2. The van der Waals surface area contributed by atoms with E-state index in [1.807, 2.05) is 36.2 Å². The topological polar surface area (TPSA) is 40.6 Å². The predicted octanol–water partition coefficient (Wildman–Crippen LogP) is 1.82. The van der Waals surface area contributed by atoms with Crippen LogP contribution in [0, 0.1) is 11.8 Å². The number of benzene rings is 1. The van der Waals surface area contributed by atoms with Gasteiger partial charge in [-0.25, -0.2) is 0 Å². The molecule has 112 valence electrons. The van der Waals surface area contributed by atoms with E-state index in [0.717, 1.165) is 25.2 Å². The number of amides is 2. The van der Waals surface area contributed by atoms with Crippen molar-refractivity contribution in [2.24, 2.45) is 11.8 Å². The molecule has 2 atom stereocenters. The maximum Gasteiger partial charge on any atom is 0.227 e. The number of hydrogen-bond donors (Lipinski definition) is 0. The van der Waals surface area contributed by atoms with E-state index in [9.17, 15) is 9.59 Å². The third-order valence-corrected chi connectivity index (χ3v) is 4.82. The number of halogens is 1. The van der Waals surface area contributed by atoms with Crippen LogP contribution in [0.15, 0.2) is 24.3 Å². The molecule has 4 nitrogen and oxygen atoms in total. The molecule has 0 bridgehead atoms. The summed E-state index contributed by atoms with van der Waals surface area (Å²) in [4.78, 5) is 27.8. The average Bonchev–Trinajstić information content (AvgIpc) is 2.85. The third-order valence-electron chi connectivity index (χ3n) is 4.57. The Labute approximate surface area is 129 Å². The molecule has 2 amide bonds. The Morgan fingerprint density at radius 1 is 1.19 bits per heavy atom. The van der Waals surface area contributed by atoms with Crippen LogP contribution in [0.2, 0.25) is 5.02 Å². The lowest BCUT2D eigenvalue weighted by Gasteiger charge is -2.30. The Hall–Kier alpha value is -1.55. The molecule has 1 aromatic carbocycles. The number of nitrogens with zero attached hydrogens (tertiary/aromatic N) is 2. The van der Waals surface area contributed by atoms with Crippen LogP contribution < -0.4 is 0 Å². The van der Waals surface area contributed by atoms with Crippen molar-refractivity contribution in [3.05, 3.63) is 34.9 Å². The van der Waals surface area contributed by atoms with Gasteiger partial charge in [0.1, 0.15) is 0 Å². The molecule has 2 fully saturated rings. The summed E-state index contributed by atoms with van der Waals surface area (Å²) in [6.45, 7) is 2.26. The molecule has 0 aromatic heterocycles. The molecule has 1 aromatic rings. The van der Waals surface area contributed by atoms with Crippen molar-refractivity contribution in [1.82, 2.24) is 9.80 Å². The quantitative estimate of drug-likeness (QED) is 0.836. The maximum absolute atomic E-state index is 12.4. The van der Waals surface area contributed by atoms with Crippen molar-refractivity contribution in [2.45, 2.75) is 12.8 Å². The van der Waals surface area contributed by atoms with Crippen molar-refractivity contribution >= 4 is 23.4 Å². The first kappa shape index (κ1) is 14.4. The zero-order chi connectivity index (χ0) is 15.0. The lowest BCUT2D eigenvalue weighted by molar-refractivity contribution is -0.134. The fraction of sp³-hybridized carbons (Fsp3) is 0.500. The summed E-state index contributed by atoms with van der Waals surface area (Å²) >= 11 is 5.85. The van der Waals surface area contributed by atoms with Gasteiger partial charge >= 0.3 is 0 Å². The first-order chi connectivity index (χ1) is 10.0. The second-order valence-corrected chi connectivity index (χ2v) is 6.54. The minimum Gasteiger partial charge on any atom is -0.345 e. The van der Waals surface area contributed by atoms with Gasteiger partial charge in [0.15, 0.2) is 0 Å². The van der Waals surface area contributed by atoms with Gasteiger partial charge in [-0.05, 0) is 29.5 Å². The second-order valence-electron chi connectivity index (χ2n) is 6.10. The van der Waals surface area contributed by atoms with Crippen LogP contribution >= 0.6 is 11.6 Å². The van der Waals surface area contributed by atoms with Gasteiger partial charge in [0.25, 0.3) is 0 Å². The van der Waals surface area contributed by atoms with Gasteiger partial charge in [0.05, 0.1) is 6.42 Å². The van der Waals surface area contributed by atoms with Crippen LogP contribution in [-0.2, 0) is 16.0 Å². The molecule has 0 N–H and O–H groups in total. The van der Waals surface area contributed by atoms with E-state index in [4.69, 9.17) is 11.6 Å². The van der Waals surface area contributed by atoms with E-state index in [1.165, 1.54) is 0 Å². The van der Waals surface area contributed by atoms with Crippen molar-refractivity contribution in [1.29, 1.82) is 0 Å². The zero-order valence-corrected chi connectivity index (χ0v) is 12.8. The van der Waals surface area contributed by atoms with Crippen molar-refractivity contribution in [3.8, 4) is 0 Å². The summed E-state index contributed by atoms with van der Waals surface area (Å²) in [5.74, 6) is 1.11. The normalized spacial score (nSPS) is 25.1. The monoisotopic (exact) mass is 306 g/mol. The van der Waals surface area contributed by atoms with Crippen LogP contribution in [0.4, 0.5) is 0 Å². The molecule has 0 saturated carbocycles. The number of carbonyl (C=O) groups is 2. The van der Waals surface area contributed by atoms with Gasteiger partial charge in [0.2, 0.25) is 11.8 Å². The molecule has 0 spiro atoms. The molecule has 0 unspecified atom stereocenters. The summed E-state index contributed by atoms with van der Waals surface area (Å²) in [6, 6.07) is 7.39. The lowest BCUT2D eigenvalue weighted by Crippen LogP contribution is -2.41. The molecule has 2 heterocycles. The molecule has 0 aliphatic carbocycles. The van der Waals surface area contributed by atoms with E-state index >= 15 is 0 Å². The largest absolute Gasteiger partial charge is 0.345 e. The van der Waals surface area contributed by atoms with Gasteiger partial charge < -0.3 is 9.80 Å². The molecule has 2 aliphatic rings. The third kappa shape index (κ3) is 3.05. The summed E-state index contributed by atoms with van der Waals surface area (Å²) in [5, 5.41) is 0.681. The number of likely N-dealkylation sites (tertiary alicyclic amines) is 2. The summed E-state index contributed by atoms with van der Waals surface area (Å²) in [7, 11) is 1.84. The lowest BCUT2D eigenvalue weighted by atomic mass is 9.88. The molecule has 2 aliphatic heterocycles. The standard InChI is InChI=1S/C16H19ClN2O2/c1-18-8-13-10-19(9-12(13)7-15(18)20)16(21)6-11-2-4-14(17)5-3-11/h2-5,12-13H,6-10H2,1H3/t12-,13+/m0/s1. The van der Waals surface area contributed by atoms with Gasteiger partial charge in [-0.1, -0.05) is 23.7 Å². The van der Waals surface area contributed by atoms with Crippen molar-refractivity contribution < 1.29 is 9.59 Å². The van der Waals surface area contributed by atoms with E-state index in [2.05, 4.69) is 0 Å². The van der Waals surface area contributed by atoms with Crippen LogP contribution in [0.1, 0.15) is 12.0 Å². The number of piperidine rings is 1. The predicted molar refractivity (Wildman–Crippen MR) is 81.0 cm³/mol. The number of fused-ring (bicyclic) bond motifs is 1. The molecule has 3 rings (SSSR count). The zero-order valence-electron chi connectivity index (χ0n) is 12.1.